The number of alkyl halides is 3. The molecule has 0 aliphatic rings. The molecule has 0 spiro atoms. The monoisotopic (exact) mass is 198 g/mol. The van der Waals surface area contributed by atoms with Crippen LogP contribution in [0.1, 0.15) is 0 Å². The molecule has 8 heteroatoms. The quantitative estimate of drug-likeness (QED) is 0.304. The summed E-state index contributed by atoms with van der Waals surface area (Å²) in [5.74, 6) is 0. The minimum atomic E-state index is -6.09. The van der Waals surface area contributed by atoms with E-state index in [4.69, 9.17) is 13.0 Å². The molecule has 64 valence electrons. The van der Waals surface area contributed by atoms with Crippen LogP contribution in [0.2, 0.25) is 0 Å². The highest BCUT2D eigenvalue weighted by molar-refractivity contribution is 7.86. The van der Waals surface area contributed by atoms with Gasteiger partial charge in [0.25, 0.3) is 0 Å². The van der Waals surface area contributed by atoms with Crippen LogP contribution in [-0.2, 0) is 22.7 Å². The molecule has 3 nitrogen and oxygen atoms in total. The number of halogens is 3. The summed E-state index contributed by atoms with van der Waals surface area (Å²) < 4.78 is 58.9. The Balaban J connectivity index is 0. The van der Waals surface area contributed by atoms with Crippen molar-refractivity contribution in [1.82, 2.24) is 0 Å². The van der Waals surface area contributed by atoms with Crippen LogP contribution >= 0.6 is 0 Å². The number of rotatable bonds is 0. The van der Waals surface area contributed by atoms with Crippen molar-refractivity contribution in [3.63, 3.8) is 0 Å². The largest absolute Gasteiger partial charge is 0.741 e. The molecule has 0 aromatic rings. The molecule has 0 atom stereocenters. The highest BCUT2D eigenvalue weighted by Crippen LogP contribution is 2.20. The fourth-order valence-corrected chi connectivity index (χ4v) is 0. The van der Waals surface area contributed by atoms with Crippen LogP contribution in [-0.4, -0.2) is 24.7 Å². The van der Waals surface area contributed by atoms with Gasteiger partial charge in [-0.2, -0.15) is 13.2 Å². The first kappa shape index (κ1) is 12.7. The highest BCUT2D eigenvalue weighted by Gasteiger charge is 2.36. The molecule has 0 saturated carbocycles. The molecule has 0 fully saturated rings. The van der Waals surface area contributed by atoms with Crippen LogP contribution in [0, 0.1) is 0 Å². The van der Waals surface area contributed by atoms with Crippen LogP contribution in [0.25, 0.3) is 0 Å². The molecule has 0 aliphatic carbocycles. The molecule has 0 aromatic heterocycles. The third-order valence-electron chi connectivity index (χ3n) is 0.283. The molecular formula is C2H5F3O3S2. The SMILES string of the molecule is C[SH2+].O=S(=O)([O-])C(F)(F)F. The molecule has 0 rings (SSSR count). The zero-order chi connectivity index (χ0) is 9.00. The van der Waals surface area contributed by atoms with Crippen molar-refractivity contribution < 1.29 is 26.1 Å². The summed E-state index contributed by atoms with van der Waals surface area (Å²) in [6, 6.07) is 0. The van der Waals surface area contributed by atoms with Crippen molar-refractivity contribution in [2.45, 2.75) is 5.51 Å². The van der Waals surface area contributed by atoms with Gasteiger partial charge in [0.2, 0.25) is 0 Å². The van der Waals surface area contributed by atoms with Gasteiger partial charge in [-0.3, -0.25) is 0 Å². The fraction of sp³-hybridized carbons (Fsp3) is 1.00. The maximum Gasteiger partial charge on any atom is 0.485 e. The van der Waals surface area contributed by atoms with E-state index in [0.717, 1.165) is 0 Å². The Bertz CT molecular complexity index is 169. The average molecular weight is 198 g/mol. The molecule has 0 saturated heterocycles. The average Bonchev–Trinajstić information content (AvgIpc) is 1.66. The molecule has 0 N–H and O–H groups in total. The van der Waals surface area contributed by atoms with Gasteiger partial charge in [-0.05, 0) is 12.6 Å². The summed E-state index contributed by atoms with van der Waals surface area (Å²) in [7, 11) is -6.09. The van der Waals surface area contributed by atoms with Gasteiger partial charge in [-0.1, -0.05) is 0 Å². The summed E-state index contributed by atoms with van der Waals surface area (Å²) in [5.41, 5.74) is -5.65. The van der Waals surface area contributed by atoms with Crippen molar-refractivity contribution in [2.75, 3.05) is 6.26 Å². The molecule has 0 aromatic carbocycles. The van der Waals surface area contributed by atoms with Gasteiger partial charge in [0, 0.05) is 0 Å². The summed E-state index contributed by atoms with van der Waals surface area (Å²) in [6.45, 7) is 0. The maximum absolute atomic E-state index is 10.7. The summed E-state index contributed by atoms with van der Waals surface area (Å²) in [5, 5.41) is 0. The predicted molar refractivity (Wildman–Crippen MR) is 31.8 cm³/mol. The number of hydrogen-bond donors (Lipinski definition) is 0. The van der Waals surface area contributed by atoms with Crippen LogP contribution < -0.4 is 0 Å². The molecule has 0 amide bonds. The Kier molecular flexibility index (Phi) is 5.13. The smallest absolute Gasteiger partial charge is 0.485 e. The van der Waals surface area contributed by atoms with Gasteiger partial charge in [0.1, 0.15) is 0 Å². The molecular weight excluding hydrogens is 193 g/mol. The maximum atomic E-state index is 10.7. The normalized spacial score (nSPS) is 11.8. The molecule has 0 unspecified atom stereocenters. The van der Waals surface area contributed by atoms with E-state index < -0.39 is 15.6 Å². The van der Waals surface area contributed by atoms with Gasteiger partial charge in [0.15, 0.2) is 10.1 Å². The molecule has 10 heavy (non-hydrogen) atoms. The van der Waals surface area contributed by atoms with Gasteiger partial charge in [0.05, 0.1) is 6.26 Å². The van der Waals surface area contributed by atoms with Crippen molar-refractivity contribution in [3.05, 3.63) is 0 Å². The van der Waals surface area contributed by atoms with Crippen molar-refractivity contribution in [3.8, 4) is 0 Å². The van der Waals surface area contributed by atoms with E-state index in [9.17, 15) is 13.2 Å². The standard InChI is InChI=1S/CHF3O3S.CH4S/c2-1(3,4)8(5,6)7;1-2/h(H,5,6,7);2H,1H3. The summed E-state index contributed by atoms with van der Waals surface area (Å²) in [6.07, 6.45) is 1.81. The fourth-order valence-electron chi connectivity index (χ4n) is 0. The van der Waals surface area contributed by atoms with E-state index in [1.54, 1.807) is 6.26 Å². The van der Waals surface area contributed by atoms with E-state index in [1.807, 2.05) is 0 Å². The van der Waals surface area contributed by atoms with E-state index in [0.29, 0.717) is 0 Å². The molecule has 0 bridgehead atoms. The van der Waals surface area contributed by atoms with Gasteiger partial charge < -0.3 is 4.55 Å². The van der Waals surface area contributed by atoms with Gasteiger partial charge in [-0.15, -0.1) is 0 Å². The third-order valence-corrected chi connectivity index (χ3v) is 0.850. The van der Waals surface area contributed by atoms with Crippen LogP contribution in [0.15, 0.2) is 0 Å². The van der Waals surface area contributed by atoms with Crippen LogP contribution in [0.5, 0.6) is 0 Å². The van der Waals surface area contributed by atoms with E-state index in [-0.39, 0.29) is 0 Å². The Morgan fingerprint density at radius 2 is 1.40 bits per heavy atom. The molecule has 0 heterocycles. The Hall–Kier alpha value is 0.0500. The van der Waals surface area contributed by atoms with Crippen LogP contribution in [0.3, 0.4) is 0 Å². The van der Waals surface area contributed by atoms with Crippen molar-refractivity contribution in [1.29, 1.82) is 0 Å². The van der Waals surface area contributed by atoms with Crippen LogP contribution in [0.4, 0.5) is 13.2 Å². The lowest BCUT2D eigenvalue weighted by molar-refractivity contribution is -0.0517. The van der Waals surface area contributed by atoms with Gasteiger partial charge >= 0.3 is 5.51 Å². The first-order chi connectivity index (χ1) is 4.25. The zero-order valence-corrected chi connectivity index (χ0v) is 6.58. The third kappa shape index (κ3) is 4.89. The lowest BCUT2D eigenvalue weighted by Gasteiger charge is -2.08. The predicted octanol–water partition coefficient (Wildman–Crippen LogP) is -0.321. The lowest BCUT2D eigenvalue weighted by Crippen LogP contribution is -2.21. The zero-order valence-electron chi connectivity index (χ0n) is 4.77. The Labute approximate surface area is 61.4 Å². The Morgan fingerprint density at radius 3 is 1.40 bits per heavy atom. The minimum Gasteiger partial charge on any atom is -0.741 e. The highest BCUT2D eigenvalue weighted by atomic mass is 32.2. The topological polar surface area (TPSA) is 57.2 Å². The molecule has 0 radical (unpaired) electrons. The first-order valence-electron chi connectivity index (χ1n) is 1.77. The summed E-state index contributed by atoms with van der Waals surface area (Å²) in [4.78, 5) is 0. The van der Waals surface area contributed by atoms with E-state index >= 15 is 0 Å². The second-order valence-corrected chi connectivity index (χ2v) is 2.27. The lowest BCUT2D eigenvalue weighted by atomic mass is 11.6. The summed E-state index contributed by atoms with van der Waals surface area (Å²) >= 11 is 2.97. The second-order valence-electron chi connectivity index (χ2n) is 0.900. The van der Waals surface area contributed by atoms with Gasteiger partial charge in [-0.25, -0.2) is 8.42 Å². The van der Waals surface area contributed by atoms with E-state index in [1.165, 1.54) is 0 Å². The first-order valence-corrected chi connectivity index (χ1v) is 4.18. The Morgan fingerprint density at radius 1 is 1.30 bits per heavy atom. The van der Waals surface area contributed by atoms with Crippen molar-refractivity contribution in [2.24, 2.45) is 0 Å². The second kappa shape index (κ2) is 4.04. The molecule has 0 aliphatic heterocycles. The van der Waals surface area contributed by atoms with Crippen molar-refractivity contribution >= 4 is 22.7 Å². The minimum absolute atomic E-state index is 1.81. The van der Waals surface area contributed by atoms with E-state index in [2.05, 4.69) is 12.6 Å². The number of hydrogen-bond acceptors (Lipinski definition) is 3.